The van der Waals surface area contributed by atoms with E-state index in [1.165, 1.54) is 167 Å². The molecule has 1 saturated heterocycles. The van der Waals surface area contributed by atoms with E-state index < -0.39 is 49.5 Å². The van der Waals surface area contributed by atoms with E-state index in [0.717, 1.165) is 83.5 Å². The Morgan fingerprint density at radius 2 is 0.914 bits per heavy atom. The van der Waals surface area contributed by atoms with Crippen molar-refractivity contribution in [2.75, 3.05) is 19.8 Å². The van der Waals surface area contributed by atoms with Crippen LogP contribution < -0.4 is 5.32 Å². The Balaban J connectivity index is 2.04. The number of carbonyl (C=O) groups is 2. The first kappa shape index (κ1) is 66.2. The van der Waals surface area contributed by atoms with Crippen molar-refractivity contribution in [1.82, 2.24) is 5.32 Å². The molecule has 412 valence electrons. The van der Waals surface area contributed by atoms with Crippen molar-refractivity contribution < 1.29 is 49.3 Å². The van der Waals surface area contributed by atoms with Crippen molar-refractivity contribution in [3.63, 3.8) is 0 Å². The van der Waals surface area contributed by atoms with Crippen LogP contribution in [-0.2, 0) is 23.8 Å². The molecule has 0 saturated carbocycles. The predicted octanol–water partition coefficient (Wildman–Crippen LogP) is 13.3. The first-order chi connectivity index (χ1) is 34.2. The molecule has 70 heavy (non-hydrogen) atoms. The summed E-state index contributed by atoms with van der Waals surface area (Å²) in [5.41, 5.74) is 0. The maximum atomic E-state index is 13.0. The van der Waals surface area contributed by atoms with E-state index >= 15 is 0 Å². The van der Waals surface area contributed by atoms with Crippen LogP contribution in [-0.4, -0.2) is 100 Å². The van der Waals surface area contributed by atoms with Crippen LogP contribution in [0.2, 0.25) is 0 Å². The average molecular weight is 995 g/mol. The van der Waals surface area contributed by atoms with Crippen molar-refractivity contribution in [1.29, 1.82) is 0 Å². The third-order valence-corrected chi connectivity index (χ3v) is 14.1. The molecule has 0 aromatic rings. The second-order valence-electron chi connectivity index (χ2n) is 20.7. The Kier molecular flexibility index (Phi) is 46.6. The van der Waals surface area contributed by atoms with E-state index in [2.05, 4.69) is 31.3 Å². The molecular weight excluding hydrogens is 883 g/mol. The first-order valence-electron chi connectivity index (χ1n) is 29.6. The second-order valence-corrected chi connectivity index (χ2v) is 20.7. The summed E-state index contributed by atoms with van der Waals surface area (Å²) in [6.45, 7) is 4.29. The molecule has 1 aliphatic heterocycles. The third-order valence-electron chi connectivity index (χ3n) is 14.1. The molecule has 0 spiro atoms. The number of carbonyl (C=O) groups excluding carboxylic acids is 2. The Bertz CT molecular complexity index is 1220. The quantitative estimate of drug-likeness (QED) is 0.0195. The topological polar surface area (TPSA) is 175 Å². The number of unbranched alkanes of at least 4 members (excludes halogenated alkanes) is 35. The van der Waals surface area contributed by atoms with Gasteiger partial charge in [-0.3, -0.25) is 9.59 Å². The largest absolute Gasteiger partial charge is 0.466 e. The highest BCUT2D eigenvalue weighted by Crippen LogP contribution is 2.23. The lowest BCUT2D eigenvalue weighted by Crippen LogP contribution is -2.60. The van der Waals surface area contributed by atoms with Crippen molar-refractivity contribution in [3.05, 3.63) is 24.3 Å². The highest BCUT2D eigenvalue weighted by Gasteiger charge is 2.44. The lowest BCUT2D eigenvalue weighted by atomic mass is 9.99. The lowest BCUT2D eigenvalue weighted by Gasteiger charge is -2.40. The van der Waals surface area contributed by atoms with Crippen molar-refractivity contribution in [2.45, 2.75) is 320 Å². The number of hydrogen-bond donors (Lipinski definition) is 6. The molecule has 1 amide bonds. The van der Waals surface area contributed by atoms with Crippen LogP contribution in [0, 0.1) is 0 Å². The van der Waals surface area contributed by atoms with Crippen LogP contribution in [0.1, 0.15) is 277 Å². The Labute approximate surface area is 429 Å². The molecular formula is C59H111NO10. The highest BCUT2D eigenvalue weighted by atomic mass is 16.7. The number of aliphatic hydroxyl groups excluding tert-OH is 5. The van der Waals surface area contributed by atoms with Gasteiger partial charge in [-0.25, -0.2) is 0 Å². The molecule has 0 bridgehead atoms. The second kappa shape index (κ2) is 49.4. The van der Waals surface area contributed by atoms with Gasteiger partial charge in [0.25, 0.3) is 0 Å². The summed E-state index contributed by atoms with van der Waals surface area (Å²) in [6, 6.07) is -0.817. The fourth-order valence-corrected chi connectivity index (χ4v) is 9.31. The number of rotatable bonds is 51. The lowest BCUT2D eigenvalue weighted by molar-refractivity contribution is -0.302. The zero-order valence-electron chi connectivity index (χ0n) is 45.2. The van der Waals surface area contributed by atoms with Gasteiger partial charge < -0.3 is 45.1 Å². The summed E-state index contributed by atoms with van der Waals surface area (Å²) < 4.78 is 16.7. The molecule has 0 radical (unpaired) electrons. The van der Waals surface area contributed by atoms with Crippen LogP contribution in [0.15, 0.2) is 24.3 Å². The molecule has 1 fully saturated rings. The number of ether oxygens (including phenoxy) is 3. The fraction of sp³-hybridized carbons (Fsp3) is 0.898. The van der Waals surface area contributed by atoms with Gasteiger partial charge >= 0.3 is 5.97 Å². The van der Waals surface area contributed by atoms with Crippen molar-refractivity contribution in [3.8, 4) is 0 Å². The molecule has 1 rings (SSSR count). The van der Waals surface area contributed by atoms with Gasteiger partial charge in [0, 0.05) is 12.8 Å². The maximum Gasteiger partial charge on any atom is 0.305 e. The van der Waals surface area contributed by atoms with E-state index in [1.54, 1.807) is 6.08 Å². The number of esters is 1. The minimum atomic E-state index is -1.57. The molecule has 7 atom stereocenters. The third kappa shape index (κ3) is 38.7. The molecule has 6 N–H and O–H groups in total. The van der Waals surface area contributed by atoms with E-state index in [0.29, 0.717) is 19.4 Å². The van der Waals surface area contributed by atoms with Crippen LogP contribution in [0.3, 0.4) is 0 Å². The molecule has 0 aliphatic carbocycles. The van der Waals surface area contributed by atoms with Crippen LogP contribution in [0.25, 0.3) is 0 Å². The Morgan fingerprint density at radius 1 is 0.514 bits per heavy atom. The van der Waals surface area contributed by atoms with Gasteiger partial charge in [0.1, 0.15) is 24.4 Å². The van der Waals surface area contributed by atoms with Gasteiger partial charge in [-0.2, -0.15) is 0 Å². The van der Waals surface area contributed by atoms with Gasteiger partial charge in [0.2, 0.25) is 5.91 Å². The van der Waals surface area contributed by atoms with Gasteiger partial charge in [-0.1, -0.05) is 231 Å². The Morgan fingerprint density at radius 3 is 1.37 bits per heavy atom. The van der Waals surface area contributed by atoms with E-state index in [1.807, 2.05) is 6.08 Å². The number of hydrogen-bond acceptors (Lipinski definition) is 10. The highest BCUT2D eigenvalue weighted by molar-refractivity contribution is 5.76. The minimum Gasteiger partial charge on any atom is -0.466 e. The summed E-state index contributed by atoms with van der Waals surface area (Å²) in [5.74, 6) is -0.211. The predicted molar refractivity (Wildman–Crippen MR) is 288 cm³/mol. The standard InChI is InChI=1S/C59H111NO10/c1-3-5-7-9-11-13-14-15-16-21-24-27-31-35-39-43-47-55(64)68-48-44-40-36-32-28-25-22-19-17-18-20-23-26-30-34-38-42-46-54(63)60-51(52(62)45-41-37-33-29-12-10-8-6-4-2)50-69-59-58(67)57(66)56(65)53(49-61)70-59/h17,19,41,45,51-53,56-59,61-62,65-67H,3-16,18,20-40,42-44,46-50H2,1-2H3,(H,60,63)/b19-17-,45-41+. The number of allylic oxidation sites excluding steroid dienone is 3. The fourth-order valence-electron chi connectivity index (χ4n) is 9.31. The molecule has 0 aromatic carbocycles. The summed E-state index contributed by atoms with van der Waals surface area (Å²) in [7, 11) is 0. The Hall–Kier alpha value is -1.86. The summed E-state index contributed by atoms with van der Waals surface area (Å²) in [6.07, 6.45) is 48.5. The molecule has 1 heterocycles. The molecule has 1 aliphatic rings. The summed E-state index contributed by atoms with van der Waals surface area (Å²) in [4.78, 5) is 25.1. The monoisotopic (exact) mass is 994 g/mol. The van der Waals surface area contributed by atoms with E-state index in [9.17, 15) is 35.1 Å². The van der Waals surface area contributed by atoms with Crippen LogP contribution in [0.4, 0.5) is 0 Å². The summed E-state index contributed by atoms with van der Waals surface area (Å²) in [5, 5.41) is 54.2. The minimum absolute atomic E-state index is 0.0153. The van der Waals surface area contributed by atoms with Gasteiger partial charge in [-0.05, 0) is 57.8 Å². The van der Waals surface area contributed by atoms with Gasteiger partial charge in [0.05, 0.1) is 32.0 Å². The molecule has 0 aromatic heterocycles. The summed E-state index contributed by atoms with van der Waals surface area (Å²) >= 11 is 0. The zero-order valence-corrected chi connectivity index (χ0v) is 45.2. The van der Waals surface area contributed by atoms with Gasteiger partial charge in [-0.15, -0.1) is 0 Å². The maximum absolute atomic E-state index is 13.0. The molecule has 7 unspecified atom stereocenters. The molecule has 11 nitrogen and oxygen atoms in total. The average Bonchev–Trinajstić information content (AvgIpc) is 3.36. The normalized spacial score (nSPS) is 19.3. The SMILES string of the molecule is CCCCCCCCC/C=C/C(O)C(COC1OC(CO)C(O)C(O)C1O)NC(=O)CCCCCCCCC/C=C\CCCCCCCCOC(=O)CCCCCCCCCCCCCCCCCC. The smallest absolute Gasteiger partial charge is 0.305 e. The first-order valence-corrected chi connectivity index (χ1v) is 29.6. The van der Waals surface area contributed by atoms with Crippen LogP contribution in [0.5, 0.6) is 0 Å². The zero-order chi connectivity index (χ0) is 51.0. The number of nitrogens with one attached hydrogen (secondary N) is 1. The van der Waals surface area contributed by atoms with E-state index in [4.69, 9.17) is 14.2 Å². The number of amides is 1. The van der Waals surface area contributed by atoms with Crippen molar-refractivity contribution >= 4 is 11.9 Å². The molecule has 11 heteroatoms. The van der Waals surface area contributed by atoms with E-state index in [-0.39, 0.29) is 18.5 Å². The van der Waals surface area contributed by atoms with Crippen molar-refractivity contribution in [2.24, 2.45) is 0 Å². The number of aliphatic hydroxyl groups is 5. The van der Waals surface area contributed by atoms with Gasteiger partial charge in [0.15, 0.2) is 6.29 Å². The van der Waals surface area contributed by atoms with Crippen LogP contribution >= 0.6 is 0 Å².